The molecule has 3 N–H and O–H groups in total. The molecule has 2 aromatic rings. The summed E-state index contributed by atoms with van der Waals surface area (Å²) in [4.78, 5) is 25.3. The summed E-state index contributed by atoms with van der Waals surface area (Å²) in [6.45, 7) is 0.347. The van der Waals surface area contributed by atoms with Gasteiger partial charge in [0.2, 0.25) is 11.8 Å². The second kappa shape index (κ2) is 10.1. The number of anilines is 1. The maximum atomic E-state index is 13.3. The van der Waals surface area contributed by atoms with Gasteiger partial charge in [-0.05, 0) is 49.4 Å². The highest BCUT2D eigenvalue weighted by Crippen LogP contribution is 2.24. The van der Waals surface area contributed by atoms with E-state index in [1.54, 1.807) is 18.5 Å². The maximum absolute atomic E-state index is 13.3. The number of hydrogen-bond acceptors (Lipinski definition) is 6. The Balaban J connectivity index is 1.58. The van der Waals surface area contributed by atoms with E-state index < -0.39 is 17.9 Å². The van der Waals surface area contributed by atoms with Crippen molar-refractivity contribution < 1.29 is 18.7 Å². The molecule has 0 radical (unpaired) electrons. The number of ether oxygens (including phenoxy) is 1. The lowest BCUT2D eigenvalue weighted by Crippen LogP contribution is -2.53. The van der Waals surface area contributed by atoms with Crippen molar-refractivity contribution in [2.24, 2.45) is 0 Å². The van der Waals surface area contributed by atoms with Crippen molar-refractivity contribution >= 4 is 41.2 Å². The van der Waals surface area contributed by atoms with Crippen LogP contribution in [0, 0.1) is 5.82 Å². The van der Waals surface area contributed by atoms with Crippen molar-refractivity contribution in [1.82, 2.24) is 14.3 Å². The Kier molecular flexibility index (Phi) is 7.54. The van der Waals surface area contributed by atoms with Crippen LogP contribution in [0.3, 0.4) is 0 Å². The topological polar surface area (TPSA) is 82.7 Å². The molecule has 2 atom stereocenters. The SMILES string of the molecule is COc1cccc(CNC(=O)C2CC(C(=O)Nc3ccc(F)c(Cl)c3)N(C)SN2)c1. The van der Waals surface area contributed by atoms with Gasteiger partial charge < -0.3 is 15.4 Å². The highest BCUT2D eigenvalue weighted by molar-refractivity contribution is 7.95. The van der Waals surface area contributed by atoms with E-state index in [9.17, 15) is 14.0 Å². The van der Waals surface area contributed by atoms with Gasteiger partial charge in [-0.2, -0.15) is 0 Å². The highest BCUT2D eigenvalue weighted by Gasteiger charge is 2.35. The Bertz CT molecular complexity index is 933. The standard InChI is InChI=1S/C20H22ClFN4O3S/c1-26-18(20(28)24-13-6-7-16(22)15(21)9-13)10-17(25-30-26)19(27)23-11-12-4-3-5-14(8-12)29-2/h3-9,17-18,25H,10-11H2,1-2H3,(H,23,27)(H,24,28). The Labute approximate surface area is 183 Å². The molecular formula is C20H22ClFN4O3S. The minimum atomic E-state index is -0.562. The summed E-state index contributed by atoms with van der Waals surface area (Å²) in [6.07, 6.45) is 0.272. The first-order valence-electron chi connectivity index (χ1n) is 9.19. The molecule has 7 nitrogen and oxygen atoms in total. The van der Waals surface area contributed by atoms with Crippen LogP contribution in [0.2, 0.25) is 5.02 Å². The summed E-state index contributed by atoms with van der Waals surface area (Å²) in [5.74, 6) is -0.356. The summed E-state index contributed by atoms with van der Waals surface area (Å²) < 4.78 is 23.3. The number of carbonyl (C=O) groups excluding carboxylic acids is 2. The lowest BCUT2D eigenvalue weighted by atomic mass is 10.1. The maximum Gasteiger partial charge on any atom is 0.242 e. The summed E-state index contributed by atoms with van der Waals surface area (Å²) >= 11 is 6.96. The van der Waals surface area contributed by atoms with Gasteiger partial charge in [-0.3, -0.25) is 9.59 Å². The smallest absolute Gasteiger partial charge is 0.242 e. The molecule has 0 aromatic heterocycles. The largest absolute Gasteiger partial charge is 0.497 e. The molecule has 1 saturated heterocycles. The fourth-order valence-electron chi connectivity index (χ4n) is 2.96. The molecule has 3 rings (SSSR count). The van der Waals surface area contributed by atoms with Gasteiger partial charge in [0.15, 0.2) is 0 Å². The summed E-state index contributed by atoms with van der Waals surface area (Å²) in [7, 11) is 3.34. The van der Waals surface area contributed by atoms with Gasteiger partial charge in [0.05, 0.1) is 18.2 Å². The van der Waals surface area contributed by atoms with E-state index >= 15 is 0 Å². The van der Waals surface area contributed by atoms with Crippen LogP contribution in [0.25, 0.3) is 0 Å². The number of likely N-dealkylation sites (N-methyl/N-ethyl adjacent to an activating group) is 1. The predicted molar refractivity (Wildman–Crippen MR) is 116 cm³/mol. The lowest BCUT2D eigenvalue weighted by molar-refractivity contribution is -0.124. The third-order valence-corrected chi connectivity index (χ3v) is 5.87. The van der Waals surface area contributed by atoms with E-state index in [1.165, 1.54) is 30.3 Å². The van der Waals surface area contributed by atoms with Gasteiger partial charge in [0.1, 0.15) is 17.6 Å². The molecule has 10 heteroatoms. The van der Waals surface area contributed by atoms with E-state index in [-0.39, 0.29) is 23.3 Å². The van der Waals surface area contributed by atoms with Crippen molar-refractivity contribution in [3.63, 3.8) is 0 Å². The first-order valence-corrected chi connectivity index (χ1v) is 10.3. The normalized spacial score (nSPS) is 19.2. The predicted octanol–water partition coefficient (Wildman–Crippen LogP) is 2.97. The first-order chi connectivity index (χ1) is 14.4. The van der Waals surface area contributed by atoms with Gasteiger partial charge in [-0.1, -0.05) is 23.7 Å². The zero-order valence-electron chi connectivity index (χ0n) is 16.4. The number of methoxy groups -OCH3 is 1. The van der Waals surface area contributed by atoms with Crippen LogP contribution in [0.15, 0.2) is 42.5 Å². The average Bonchev–Trinajstić information content (AvgIpc) is 2.75. The number of nitrogens with zero attached hydrogens (tertiary/aromatic N) is 1. The first kappa shape index (κ1) is 22.4. The van der Waals surface area contributed by atoms with Crippen LogP contribution in [-0.4, -0.2) is 42.4 Å². The van der Waals surface area contributed by atoms with E-state index in [1.807, 2.05) is 24.3 Å². The molecule has 160 valence electrons. The molecule has 0 bridgehead atoms. The molecule has 2 unspecified atom stereocenters. The number of rotatable bonds is 6. The van der Waals surface area contributed by atoms with Gasteiger partial charge in [-0.25, -0.2) is 13.4 Å². The Morgan fingerprint density at radius 1 is 1.30 bits per heavy atom. The third kappa shape index (κ3) is 5.63. The van der Waals surface area contributed by atoms with E-state index in [2.05, 4.69) is 15.4 Å². The van der Waals surface area contributed by atoms with Crippen molar-refractivity contribution in [1.29, 1.82) is 0 Å². The number of nitrogens with one attached hydrogen (secondary N) is 3. The van der Waals surface area contributed by atoms with Crippen molar-refractivity contribution in [3.8, 4) is 5.75 Å². The molecule has 0 saturated carbocycles. The number of benzene rings is 2. The lowest BCUT2D eigenvalue weighted by Gasteiger charge is -2.34. The van der Waals surface area contributed by atoms with E-state index in [0.29, 0.717) is 18.0 Å². The second-order valence-electron chi connectivity index (χ2n) is 6.75. The van der Waals surface area contributed by atoms with Crippen LogP contribution in [0.1, 0.15) is 12.0 Å². The number of amides is 2. The molecular weight excluding hydrogens is 431 g/mol. The molecule has 0 aliphatic carbocycles. The summed E-state index contributed by atoms with van der Waals surface area (Å²) in [5.41, 5.74) is 1.30. The molecule has 2 aromatic carbocycles. The zero-order chi connectivity index (χ0) is 21.7. The molecule has 1 aliphatic heterocycles. The van der Waals surface area contributed by atoms with Gasteiger partial charge in [0.25, 0.3) is 0 Å². The quantitative estimate of drug-likeness (QED) is 0.584. The molecule has 1 fully saturated rings. The van der Waals surface area contributed by atoms with Crippen LogP contribution in [0.5, 0.6) is 5.75 Å². The van der Waals surface area contributed by atoms with E-state index in [4.69, 9.17) is 16.3 Å². The van der Waals surface area contributed by atoms with Crippen LogP contribution >= 0.6 is 23.7 Å². The molecule has 1 aliphatic rings. The second-order valence-corrected chi connectivity index (χ2v) is 8.15. The van der Waals surface area contributed by atoms with Crippen LogP contribution < -0.4 is 20.1 Å². The van der Waals surface area contributed by atoms with Crippen molar-refractivity contribution in [3.05, 3.63) is 58.9 Å². The minimum Gasteiger partial charge on any atom is -0.497 e. The Morgan fingerprint density at radius 3 is 2.83 bits per heavy atom. The monoisotopic (exact) mass is 452 g/mol. The number of hydrogen-bond donors (Lipinski definition) is 3. The molecule has 2 amide bonds. The van der Waals surface area contributed by atoms with E-state index in [0.717, 1.165) is 5.56 Å². The molecule has 30 heavy (non-hydrogen) atoms. The number of halogens is 2. The Morgan fingerprint density at radius 2 is 2.10 bits per heavy atom. The molecule has 1 heterocycles. The number of carbonyl (C=O) groups is 2. The summed E-state index contributed by atoms with van der Waals surface area (Å²) in [6, 6.07) is 10.3. The average molecular weight is 453 g/mol. The van der Waals surface area contributed by atoms with Crippen LogP contribution in [-0.2, 0) is 16.1 Å². The summed E-state index contributed by atoms with van der Waals surface area (Å²) in [5, 5.41) is 5.53. The van der Waals surface area contributed by atoms with Gasteiger partial charge in [-0.15, -0.1) is 0 Å². The van der Waals surface area contributed by atoms with Gasteiger partial charge in [0, 0.05) is 24.4 Å². The Hall–Kier alpha value is -2.33. The molecule has 0 spiro atoms. The van der Waals surface area contributed by atoms with Crippen molar-refractivity contribution in [2.75, 3.05) is 19.5 Å². The van der Waals surface area contributed by atoms with Gasteiger partial charge >= 0.3 is 0 Å². The van der Waals surface area contributed by atoms with Crippen LogP contribution in [0.4, 0.5) is 10.1 Å². The fraction of sp³-hybridized carbons (Fsp3) is 0.300. The third-order valence-electron chi connectivity index (χ3n) is 4.64. The highest BCUT2D eigenvalue weighted by atomic mass is 35.5. The minimum absolute atomic E-state index is 0.0735. The fourth-order valence-corrected chi connectivity index (χ4v) is 3.94. The van der Waals surface area contributed by atoms with Crippen molar-refractivity contribution in [2.45, 2.75) is 25.0 Å². The zero-order valence-corrected chi connectivity index (χ0v) is 18.0.